The molecule has 120 valence electrons. The number of hydrogen-bond donors (Lipinski definition) is 1. The Labute approximate surface area is 130 Å². The Kier molecular flexibility index (Phi) is 6.28. The van der Waals surface area contributed by atoms with Gasteiger partial charge in [0.15, 0.2) is 0 Å². The molecule has 1 aromatic heterocycles. The van der Waals surface area contributed by atoms with Gasteiger partial charge in [0.25, 0.3) is 0 Å². The highest BCUT2D eigenvalue weighted by atomic mass is 15.3. The van der Waals surface area contributed by atoms with E-state index in [1.807, 2.05) is 0 Å². The van der Waals surface area contributed by atoms with Crippen molar-refractivity contribution in [1.29, 1.82) is 0 Å². The van der Waals surface area contributed by atoms with Crippen molar-refractivity contribution in [2.75, 3.05) is 13.6 Å². The Balaban J connectivity index is 2.04. The number of rotatable bonds is 9. The molecule has 21 heavy (non-hydrogen) atoms. The van der Waals surface area contributed by atoms with Gasteiger partial charge in [0.2, 0.25) is 0 Å². The van der Waals surface area contributed by atoms with Gasteiger partial charge in [0.1, 0.15) is 0 Å². The van der Waals surface area contributed by atoms with E-state index in [0.29, 0.717) is 11.5 Å². The molecule has 3 nitrogen and oxygen atoms in total. The van der Waals surface area contributed by atoms with Crippen LogP contribution in [0.15, 0.2) is 12.3 Å². The fourth-order valence-electron chi connectivity index (χ4n) is 3.82. The molecule has 1 heterocycles. The molecule has 1 fully saturated rings. The van der Waals surface area contributed by atoms with Gasteiger partial charge in [-0.15, -0.1) is 0 Å². The van der Waals surface area contributed by atoms with E-state index in [4.69, 9.17) is 5.10 Å². The molecule has 1 aliphatic rings. The van der Waals surface area contributed by atoms with Crippen LogP contribution in [-0.4, -0.2) is 23.4 Å². The molecular weight excluding hydrogens is 258 g/mol. The predicted molar refractivity (Wildman–Crippen MR) is 89.6 cm³/mol. The van der Waals surface area contributed by atoms with E-state index in [9.17, 15) is 0 Å². The molecule has 1 atom stereocenters. The van der Waals surface area contributed by atoms with Crippen LogP contribution < -0.4 is 5.32 Å². The first-order valence-electron chi connectivity index (χ1n) is 8.91. The zero-order chi connectivity index (χ0) is 15.1. The lowest BCUT2D eigenvalue weighted by Crippen LogP contribution is -2.34. The minimum absolute atomic E-state index is 0.375. The molecule has 0 amide bonds. The molecule has 1 aromatic rings. The van der Waals surface area contributed by atoms with Crippen molar-refractivity contribution in [2.24, 2.45) is 5.41 Å². The average molecular weight is 291 g/mol. The third-order valence-electron chi connectivity index (χ3n) is 5.28. The molecule has 2 rings (SSSR count). The molecule has 1 aliphatic carbocycles. The highest BCUT2D eigenvalue weighted by molar-refractivity contribution is 5.05. The third-order valence-corrected chi connectivity index (χ3v) is 5.28. The van der Waals surface area contributed by atoms with Crippen molar-refractivity contribution in [3.63, 3.8) is 0 Å². The maximum Gasteiger partial charge on any atom is 0.0630 e. The summed E-state index contributed by atoms with van der Waals surface area (Å²) >= 11 is 0. The largest absolute Gasteiger partial charge is 0.319 e. The first-order chi connectivity index (χ1) is 10.2. The van der Waals surface area contributed by atoms with Crippen LogP contribution >= 0.6 is 0 Å². The van der Waals surface area contributed by atoms with Gasteiger partial charge in [-0.3, -0.25) is 4.68 Å². The van der Waals surface area contributed by atoms with Crippen molar-refractivity contribution in [3.8, 4) is 0 Å². The molecule has 3 heteroatoms. The minimum atomic E-state index is 0.375. The summed E-state index contributed by atoms with van der Waals surface area (Å²) in [4.78, 5) is 0. The van der Waals surface area contributed by atoms with E-state index in [2.05, 4.69) is 43.2 Å². The number of aromatic nitrogens is 2. The Hall–Kier alpha value is -0.830. The first-order valence-corrected chi connectivity index (χ1v) is 8.91. The van der Waals surface area contributed by atoms with Crippen LogP contribution in [-0.2, 0) is 6.42 Å². The molecule has 0 spiro atoms. The number of unbranched alkanes of at least 4 members (excludes halogenated alkanes) is 1. The Morgan fingerprint density at radius 2 is 2.10 bits per heavy atom. The lowest BCUT2D eigenvalue weighted by molar-refractivity contribution is 0.231. The Bertz CT molecular complexity index is 406. The molecule has 0 aliphatic heterocycles. The van der Waals surface area contributed by atoms with Crippen molar-refractivity contribution in [3.05, 3.63) is 18.0 Å². The van der Waals surface area contributed by atoms with Crippen molar-refractivity contribution < 1.29 is 0 Å². The lowest BCUT2D eigenvalue weighted by atomic mass is 9.76. The van der Waals surface area contributed by atoms with E-state index in [1.165, 1.54) is 57.1 Å². The molecule has 1 saturated carbocycles. The van der Waals surface area contributed by atoms with Crippen LogP contribution in [0, 0.1) is 5.41 Å². The first kappa shape index (κ1) is 16.5. The number of hydrogen-bond acceptors (Lipinski definition) is 2. The van der Waals surface area contributed by atoms with Gasteiger partial charge in [0.05, 0.1) is 11.7 Å². The van der Waals surface area contributed by atoms with Crippen molar-refractivity contribution >= 4 is 0 Å². The summed E-state index contributed by atoms with van der Waals surface area (Å²) < 4.78 is 2.24. The summed E-state index contributed by atoms with van der Waals surface area (Å²) in [6.07, 6.45) is 13.8. The zero-order valence-corrected chi connectivity index (χ0v) is 14.2. The quantitative estimate of drug-likeness (QED) is 0.733. The van der Waals surface area contributed by atoms with Crippen LogP contribution in [0.5, 0.6) is 0 Å². The van der Waals surface area contributed by atoms with E-state index >= 15 is 0 Å². The van der Waals surface area contributed by atoms with E-state index < -0.39 is 0 Å². The van der Waals surface area contributed by atoms with Crippen LogP contribution in [0.3, 0.4) is 0 Å². The minimum Gasteiger partial charge on any atom is -0.319 e. The Morgan fingerprint density at radius 3 is 2.71 bits per heavy atom. The maximum atomic E-state index is 4.90. The van der Waals surface area contributed by atoms with Crippen molar-refractivity contribution in [2.45, 2.75) is 77.7 Å². The van der Waals surface area contributed by atoms with Gasteiger partial charge >= 0.3 is 0 Å². The summed E-state index contributed by atoms with van der Waals surface area (Å²) in [6, 6.07) is 2.92. The molecule has 1 unspecified atom stereocenters. The molecule has 0 radical (unpaired) electrons. The zero-order valence-electron chi connectivity index (χ0n) is 14.2. The second-order valence-corrected chi connectivity index (χ2v) is 6.89. The fraction of sp³-hybridized carbons (Fsp3) is 0.833. The summed E-state index contributed by atoms with van der Waals surface area (Å²) in [5.74, 6) is 0. The lowest BCUT2D eigenvalue weighted by Gasteiger charge is -2.32. The molecule has 0 saturated heterocycles. The molecule has 0 bridgehead atoms. The summed E-state index contributed by atoms with van der Waals surface area (Å²) in [6.45, 7) is 5.72. The summed E-state index contributed by atoms with van der Waals surface area (Å²) in [7, 11) is 2.08. The Morgan fingerprint density at radius 1 is 1.33 bits per heavy atom. The standard InChI is InChI=1S/C18H33N3/c1-4-6-12-18(5-2,15-19-3)14-16-11-13-21(20-16)17-9-7-8-10-17/h11,13,17,19H,4-10,12,14-15H2,1-3H3. The number of nitrogens with one attached hydrogen (secondary N) is 1. The topological polar surface area (TPSA) is 29.9 Å². The SMILES string of the molecule is CCCCC(CC)(CNC)Cc1ccn(C2CCCC2)n1. The fourth-order valence-corrected chi connectivity index (χ4v) is 3.82. The molecule has 1 N–H and O–H groups in total. The van der Waals surface area contributed by atoms with E-state index in [1.54, 1.807) is 0 Å². The normalized spacial score (nSPS) is 19.0. The number of nitrogens with zero attached hydrogens (tertiary/aromatic N) is 2. The predicted octanol–water partition coefficient (Wildman–Crippen LogP) is 4.35. The monoisotopic (exact) mass is 291 g/mol. The maximum absolute atomic E-state index is 4.90. The summed E-state index contributed by atoms with van der Waals surface area (Å²) in [5.41, 5.74) is 1.66. The molecule has 0 aromatic carbocycles. The summed E-state index contributed by atoms with van der Waals surface area (Å²) in [5, 5.41) is 8.32. The van der Waals surface area contributed by atoms with Gasteiger partial charge in [-0.05, 0) is 50.6 Å². The van der Waals surface area contributed by atoms with Crippen LogP contribution in [0.25, 0.3) is 0 Å². The van der Waals surface area contributed by atoms with Crippen LogP contribution in [0.4, 0.5) is 0 Å². The third kappa shape index (κ3) is 4.32. The van der Waals surface area contributed by atoms with Gasteiger partial charge in [-0.2, -0.15) is 5.10 Å². The second kappa shape index (κ2) is 7.98. The van der Waals surface area contributed by atoms with Gasteiger partial charge in [-0.1, -0.05) is 39.5 Å². The van der Waals surface area contributed by atoms with E-state index in [0.717, 1.165) is 13.0 Å². The van der Waals surface area contributed by atoms with Crippen molar-refractivity contribution in [1.82, 2.24) is 15.1 Å². The van der Waals surface area contributed by atoms with Gasteiger partial charge < -0.3 is 5.32 Å². The van der Waals surface area contributed by atoms with Gasteiger partial charge in [0, 0.05) is 12.7 Å². The van der Waals surface area contributed by atoms with Crippen LogP contribution in [0.2, 0.25) is 0 Å². The highest BCUT2D eigenvalue weighted by Gasteiger charge is 2.28. The molecular formula is C18H33N3. The van der Waals surface area contributed by atoms with Crippen LogP contribution in [0.1, 0.15) is 76.9 Å². The average Bonchev–Trinajstić information content (AvgIpc) is 3.16. The van der Waals surface area contributed by atoms with E-state index in [-0.39, 0.29) is 0 Å². The second-order valence-electron chi connectivity index (χ2n) is 6.89. The highest BCUT2D eigenvalue weighted by Crippen LogP contribution is 2.33. The van der Waals surface area contributed by atoms with Gasteiger partial charge in [-0.25, -0.2) is 0 Å². The smallest absolute Gasteiger partial charge is 0.0630 e.